The SMILES string of the molecule is CO[C@@H](C)CCCC(C)C. The van der Waals surface area contributed by atoms with Gasteiger partial charge in [0, 0.05) is 7.11 Å². The highest BCUT2D eigenvalue weighted by molar-refractivity contribution is 4.51. The molecule has 0 aliphatic rings. The summed E-state index contributed by atoms with van der Waals surface area (Å²) in [7, 11) is 1.78. The quantitative estimate of drug-likeness (QED) is 0.576. The molecule has 1 atom stereocenters. The Kier molecular flexibility index (Phi) is 5.70. The molecule has 0 amide bonds. The molecule has 0 aromatic carbocycles. The van der Waals surface area contributed by atoms with Gasteiger partial charge in [0.05, 0.1) is 6.10 Å². The first-order valence-electron chi connectivity index (χ1n) is 4.19. The minimum Gasteiger partial charge on any atom is -0.382 e. The van der Waals surface area contributed by atoms with Crippen LogP contribution in [-0.2, 0) is 4.74 Å². The van der Waals surface area contributed by atoms with Crippen LogP contribution in [0.3, 0.4) is 0 Å². The van der Waals surface area contributed by atoms with Crippen LogP contribution in [0.15, 0.2) is 0 Å². The molecule has 0 aromatic rings. The smallest absolute Gasteiger partial charge is 0.0543 e. The number of ether oxygens (including phenoxy) is 1. The maximum atomic E-state index is 5.13. The second-order valence-corrected chi connectivity index (χ2v) is 3.37. The van der Waals surface area contributed by atoms with E-state index in [1.807, 2.05) is 0 Å². The minimum atomic E-state index is 0.443. The van der Waals surface area contributed by atoms with Crippen molar-refractivity contribution in [2.45, 2.75) is 46.1 Å². The molecule has 0 aromatic heterocycles. The monoisotopic (exact) mass is 144 g/mol. The molecule has 0 bridgehead atoms. The molecule has 0 heterocycles. The van der Waals surface area contributed by atoms with Gasteiger partial charge < -0.3 is 4.74 Å². The Morgan fingerprint density at radius 3 is 2.10 bits per heavy atom. The highest BCUT2D eigenvalue weighted by atomic mass is 16.5. The van der Waals surface area contributed by atoms with Gasteiger partial charge in [-0.1, -0.05) is 26.7 Å². The van der Waals surface area contributed by atoms with Gasteiger partial charge in [0.1, 0.15) is 0 Å². The van der Waals surface area contributed by atoms with Gasteiger partial charge in [-0.05, 0) is 19.3 Å². The van der Waals surface area contributed by atoms with Crippen molar-refractivity contribution in [3.05, 3.63) is 0 Å². The molecule has 0 aliphatic carbocycles. The van der Waals surface area contributed by atoms with Crippen molar-refractivity contribution in [3.8, 4) is 0 Å². The molecule has 62 valence electrons. The predicted molar refractivity (Wildman–Crippen MR) is 45.2 cm³/mol. The Hall–Kier alpha value is -0.0400. The molecule has 0 aliphatic heterocycles. The molecular weight excluding hydrogens is 124 g/mol. The van der Waals surface area contributed by atoms with Crippen LogP contribution in [0.2, 0.25) is 0 Å². The fraction of sp³-hybridized carbons (Fsp3) is 1.00. The fourth-order valence-corrected chi connectivity index (χ4v) is 0.931. The van der Waals surface area contributed by atoms with Gasteiger partial charge >= 0.3 is 0 Å². The van der Waals surface area contributed by atoms with E-state index in [2.05, 4.69) is 20.8 Å². The van der Waals surface area contributed by atoms with E-state index in [-0.39, 0.29) is 0 Å². The van der Waals surface area contributed by atoms with Gasteiger partial charge in [-0.25, -0.2) is 0 Å². The van der Waals surface area contributed by atoms with Gasteiger partial charge in [-0.15, -0.1) is 0 Å². The van der Waals surface area contributed by atoms with Gasteiger partial charge in [0.15, 0.2) is 0 Å². The third kappa shape index (κ3) is 6.09. The summed E-state index contributed by atoms with van der Waals surface area (Å²) in [5, 5.41) is 0. The first-order valence-corrected chi connectivity index (χ1v) is 4.19. The first-order chi connectivity index (χ1) is 4.66. The van der Waals surface area contributed by atoms with Gasteiger partial charge in [-0.3, -0.25) is 0 Å². The Morgan fingerprint density at radius 1 is 1.10 bits per heavy atom. The standard InChI is InChI=1S/C9H20O/c1-8(2)6-5-7-9(3)10-4/h8-9H,5-7H2,1-4H3/t9-/m0/s1. The largest absolute Gasteiger partial charge is 0.382 e. The summed E-state index contributed by atoms with van der Waals surface area (Å²) in [5.74, 6) is 0.837. The van der Waals surface area contributed by atoms with Crippen molar-refractivity contribution in [1.29, 1.82) is 0 Å². The number of rotatable bonds is 5. The van der Waals surface area contributed by atoms with Crippen molar-refractivity contribution in [3.63, 3.8) is 0 Å². The van der Waals surface area contributed by atoms with E-state index in [4.69, 9.17) is 4.74 Å². The van der Waals surface area contributed by atoms with E-state index in [9.17, 15) is 0 Å². The Labute approximate surface area is 64.8 Å². The van der Waals surface area contributed by atoms with E-state index in [0.717, 1.165) is 5.92 Å². The number of methoxy groups -OCH3 is 1. The van der Waals surface area contributed by atoms with Crippen LogP contribution >= 0.6 is 0 Å². The summed E-state index contributed by atoms with van der Waals surface area (Å²) in [4.78, 5) is 0. The minimum absolute atomic E-state index is 0.443. The Bertz CT molecular complexity index is 69.1. The van der Waals surface area contributed by atoms with Crippen LogP contribution in [0.25, 0.3) is 0 Å². The van der Waals surface area contributed by atoms with Gasteiger partial charge in [-0.2, -0.15) is 0 Å². The van der Waals surface area contributed by atoms with Crippen molar-refractivity contribution in [2.75, 3.05) is 7.11 Å². The Balaban J connectivity index is 3.03. The van der Waals surface area contributed by atoms with E-state index in [1.165, 1.54) is 19.3 Å². The lowest BCUT2D eigenvalue weighted by atomic mass is 10.1. The second-order valence-electron chi connectivity index (χ2n) is 3.37. The number of hydrogen-bond acceptors (Lipinski definition) is 1. The molecular formula is C9H20O. The highest BCUT2D eigenvalue weighted by Crippen LogP contribution is 2.09. The summed E-state index contributed by atoms with van der Waals surface area (Å²) in [6, 6.07) is 0. The maximum Gasteiger partial charge on any atom is 0.0543 e. The summed E-state index contributed by atoms with van der Waals surface area (Å²) >= 11 is 0. The third-order valence-corrected chi connectivity index (χ3v) is 1.79. The summed E-state index contributed by atoms with van der Waals surface area (Å²) < 4.78 is 5.13. The molecule has 0 N–H and O–H groups in total. The molecule has 0 radical (unpaired) electrons. The van der Waals surface area contributed by atoms with E-state index in [1.54, 1.807) is 7.11 Å². The normalized spacial score (nSPS) is 14.1. The van der Waals surface area contributed by atoms with Crippen molar-refractivity contribution >= 4 is 0 Å². The Morgan fingerprint density at radius 2 is 1.70 bits per heavy atom. The van der Waals surface area contributed by atoms with Gasteiger partial charge in [0.25, 0.3) is 0 Å². The van der Waals surface area contributed by atoms with Crippen LogP contribution in [0, 0.1) is 5.92 Å². The van der Waals surface area contributed by atoms with E-state index in [0.29, 0.717) is 6.10 Å². The average Bonchev–Trinajstić information content (AvgIpc) is 1.87. The van der Waals surface area contributed by atoms with Crippen LogP contribution in [0.1, 0.15) is 40.0 Å². The molecule has 0 fully saturated rings. The van der Waals surface area contributed by atoms with Crippen LogP contribution in [0.4, 0.5) is 0 Å². The molecule has 0 rings (SSSR count). The molecule has 1 nitrogen and oxygen atoms in total. The maximum absolute atomic E-state index is 5.13. The zero-order valence-electron chi connectivity index (χ0n) is 7.68. The van der Waals surface area contributed by atoms with Crippen molar-refractivity contribution in [1.82, 2.24) is 0 Å². The lowest BCUT2D eigenvalue weighted by Gasteiger charge is -2.09. The molecule has 0 saturated heterocycles. The first kappa shape index (κ1) is 9.96. The van der Waals surface area contributed by atoms with E-state index < -0.39 is 0 Å². The molecule has 0 unspecified atom stereocenters. The van der Waals surface area contributed by atoms with Gasteiger partial charge in [0.2, 0.25) is 0 Å². The van der Waals surface area contributed by atoms with Crippen LogP contribution in [-0.4, -0.2) is 13.2 Å². The number of hydrogen-bond donors (Lipinski definition) is 0. The fourth-order valence-electron chi connectivity index (χ4n) is 0.931. The molecule has 0 saturated carbocycles. The zero-order valence-corrected chi connectivity index (χ0v) is 7.68. The second kappa shape index (κ2) is 5.72. The summed E-state index contributed by atoms with van der Waals surface area (Å²) in [6.45, 7) is 6.65. The van der Waals surface area contributed by atoms with Crippen LogP contribution in [0.5, 0.6) is 0 Å². The summed E-state index contributed by atoms with van der Waals surface area (Å²) in [6.07, 6.45) is 4.27. The predicted octanol–water partition coefficient (Wildman–Crippen LogP) is 2.85. The van der Waals surface area contributed by atoms with Crippen LogP contribution < -0.4 is 0 Å². The average molecular weight is 144 g/mol. The highest BCUT2D eigenvalue weighted by Gasteiger charge is 1.99. The molecule has 10 heavy (non-hydrogen) atoms. The lowest BCUT2D eigenvalue weighted by molar-refractivity contribution is 0.107. The summed E-state index contributed by atoms with van der Waals surface area (Å²) in [5.41, 5.74) is 0. The van der Waals surface area contributed by atoms with Crippen molar-refractivity contribution in [2.24, 2.45) is 5.92 Å². The third-order valence-electron chi connectivity index (χ3n) is 1.79. The topological polar surface area (TPSA) is 9.23 Å². The molecule has 1 heteroatoms. The van der Waals surface area contributed by atoms with E-state index >= 15 is 0 Å². The zero-order chi connectivity index (χ0) is 7.98. The lowest BCUT2D eigenvalue weighted by Crippen LogP contribution is -2.04. The molecule has 0 spiro atoms. The van der Waals surface area contributed by atoms with Crippen molar-refractivity contribution < 1.29 is 4.74 Å².